The molecule has 440 valence electrons. The van der Waals surface area contributed by atoms with E-state index in [0.29, 0.717) is 6.42 Å². The van der Waals surface area contributed by atoms with Crippen LogP contribution >= 0.6 is 23.2 Å². The van der Waals surface area contributed by atoms with Crippen molar-refractivity contribution in [1.82, 2.24) is 37.2 Å². The molecule has 4 aliphatic heterocycles. The molecule has 16 N–H and O–H groups in total. The molecule has 0 aliphatic carbocycles. The van der Waals surface area contributed by atoms with Crippen molar-refractivity contribution in [3.8, 4) is 51.4 Å². The number of carbonyl (C=O) groups excluding carboxylic acids is 6. The van der Waals surface area contributed by atoms with Crippen LogP contribution in [0.1, 0.15) is 91.3 Å². The van der Waals surface area contributed by atoms with Crippen molar-refractivity contribution < 1.29 is 78.8 Å². The number of nitrogens with zero attached hydrogens (tertiary/aromatic N) is 1. The van der Waals surface area contributed by atoms with Gasteiger partial charge >= 0.3 is 5.97 Å². The number of aromatic hydroxyl groups is 3. The average molecular weight is 1190 g/mol. The smallest absolute Gasteiger partial charge is 0.330 e. The van der Waals surface area contributed by atoms with Crippen LogP contribution in [0.3, 0.4) is 0 Å². The van der Waals surface area contributed by atoms with Crippen molar-refractivity contribution in [2.45, 2.75) is 95.2 Å². The molecule has 8 atom stereocenters. The van der Waals surface area contributed by atoms with E-state index >= 15 is 0 Å². The van der Waals surface area contributed by atoms with Crippen LogP contribution in [0.4, 0.5) is 0 Å². The number of nitrogens with two attached hydrogens (primary N) is 1. The van der Waals surface area contributed by atoms with Gasteiger partial charge in [-0.3, -0.25) is 33.8 Å². The minimum Gasteiger partial charge on any atom is -0.508 e. The molecule has 0 radical (unpaired) electrons. The number of amidine groups is 1. The molecule has 0 saturated carbocycles. The van der Waals surface area contributed by atoms with Gasteiger partial charge in [0.15, 0.2) is 17.5 Å². The van der Waals surface area contributed by atoms with Gasteiger partial charge in [0.25, 0.3) is 0 Å². The molecule has 4 heterocycles. The SMILES string of the molecule is CNC(=O)CC1NC(=O)C(NC(=O)C(CC(C)C)NC)C(O)c2ccc(c(Cl)c2)Oc2cc3cc(c2O)Oc2ccc(cc2Cl)C(O)C(NC(C)=O)C(=O)NC(C(=O)O)c2cc(O)cc(O)c2-c2cc(ccc2CO)CN=C(N)C3NC1=O. The van der Waals surface area contributed by atoms with Crippen LogP contribution in [0, 0.1) is 5.92 Å². The van der Waals surface area contributed by atoms with Gasteiger partial charge in [0.2, 0.25) is 41.2 Å². The van der Waals surface area contributed by atoms with Gasteiger partial charge in [-0.25, -0.2) is 4.79 Å². The zero-order valence-corrected chi connectivity index (χ0v) is 46.6. The second-order valence-corrected chi connectivity index (χ2v) is 20.8. The molecule has 0 aromatic heterocycles. The van der Waals surface area contributed by atoms with Gasteiger partial charge in [0, 0.05) is 31.2 Å². The largest absolute Gasteiger partial charge is 0.508 e. The molecular formula is C56H61Cl2N9O16. The monoisotopic (exact) mass is 1190 g/mol. The van der Waals surface area contributed by atoms with Crippen LogP contribution in [-0.4, -0.2) is 121 Å². The molecule has 6 amide bonds. The number of nitrogens with one attached hydrogen (secondary N) is 7. The standard InChI is InChI=1S/C56H61Cl2N9O16/c1-23(2)12-35(60-4)52(76)67-47-49(74)27-9-11-39(34(58)15-27)83-41-17-29-16-40(50(41)75)82-38-10-8-26(14-33(38)57)48(73)46(63-24(3)69)55(79)66-45(56(80)81)32-18-30(70)19-37(71)43(32)31-13-25(6-7-28(31)22-68)21-62-51(59)44(29)65-53(77)36(64-54(47)78)20-42(72)61-5/h6-11,13-19,23,35-36,44-49,60,68,70-71,73-75H,12,20-22H2,1-5H3,(H2,59,62)(H,61,72)(H,63,69)(H,64,78)(H,65,77)(H,66,79)(H,67,76)(H,80,81). The second-order valence-electron chi connectivity index (χ2n) is 20.0. The van der Waals surface area contributed by atoms with E-state index in [1.807, 2.05) is 13.8 Å². The number of amides is 6. The Morgan fingerprint density at radius 2 is 1.35 bits per heavy atom. The van der Waals surface area contributed by atoms with E-state index in [9.17, 15) is 69.3 Å². The summed E-state index contributed by atoms with van der Waals surface area (Å²) in [6.07, 6.45) is -4.26. The summed E-state index contributed by atoms with van der Waals surface area (Å²) in [5, 5.41) is 96.5. The number of ether oxygens (including phenoxy) is 2. The number of halogens is 2. The summed E-state index contributed by atoms with van der Waals surface area (Å²) in [5.41, 5.74) is 6.19. The average Bonchev–Trinajstić information content (AvgIpc) is 3.24. The molecule has 8 unspecified atom stereocenters. The Balaban J connectivity index is 1.48. The molecular weight excluding hydrogens is 1130 g/mol. The number of carbonyl (C=O) groups is 7. The van der Waals surface area contributed by atoms with Crippen LogP contribution in [0.2, 0.25) is 10.0 Å². The van der Waals surface area contributed by atoms with Gasteiger partial charge in [-0.05, 0) is 101 Å². The number of phenols is 3. The zero-order chi connectivity index (χ0) is 60.7. The molecule has 5 aromatic rings. The first-order chi connectivity index (χ1) is 39.3. The molecule has 9 bridgehead atoms. The minimum atomic E-state index is -2.13. The van der Waals surface area contributed by atoms with E-state index in [4.69, 9.17) is 38.4 Å². The first-order valence-electron chi connectivity index (χ1n) is 25.7. The zero-order valence-electron chi connectivity index (χ0n) is 45.1. The van der Waals surface area contributed by atoms with Crippen LogP contribution in [0.25, 0.3) is 11.1 Å². The van der Waals surface area contributed by atoms with Crippen molar-refractivity contribution >= 4 is 70.4 Å². The third kappa shape index (κ3) is 14.3. The lowest BCUT2D eigenvalue weighted by atomic mass is 9.89. The van der Waals surface area contributed by atoms with Gasteiger partial charge in [0.1, 0.15) is 65.2 Å². The number of carboxylic acid groups (broad SMARTS) is 1. The third-order valence-electron chi connectivity index (χ3n) is 13.6. The fourth-order valence-electron chi connectivity index (χ4n) is 9.34. The highest BCUT2D eigenvalue weighted by molar-refractivity contribution is 6.32. The lowest BCUT2D eigenvalue weighted by Gasteiger charge is -2.29. The summed E-state index contributed by atoms with van der Waals surface area (Å²) in [6.45, 7) is 3.66. The van der Waals surface area contributed by atoms with Gasteiger partial charge in [-0.15, -0.1) is 0 Å². The third-order valence-corrected chi connectivity index (χ3v) is 14.2. The fourth-order valence-corrected chi connectivity index (χ4v) is 9.80. The second kappa shape index (κ2) is 26.5. The minimum absolute atomic E-state index is 0.00333. The van der Waals surface area contributed by atoms with Crippen molar-refractivity contribution in [2.24, 2.45) is 16.6 Å². The number of aliphatic imine (C=N–C) groups is 1. The molecule has 0 fully saturated rings. The van der Waals surface area contributed by atoms with Crippen molar-refractivity contribution in [3.05, 3.63) is 122 Å². The summed E-state index contributed by atoms with van der Waals surface area (Å²) in [4.78, 5) is 101. The molecule has 25 nitrogen and oxygen atoms in total. The lowest BCUT2D eigenvalue weighted by Crippen LogP contribution is -2.59. The normalized spacial score (nSPS) is 20.6. The maximum Gasteiger partial charge on any atom is 0.330 e. The molecule has 9 rings (SSSR count). The van der Waals surface area contributed by atoms with Crippen LogP contribution in [0.15, 0.2) is 83.9 Å². The van der Waals surface area contributed by atoms with E-state index in [1.54, 1.807) is 0 Å². The first-order valence-corrected chi connectivity index (χ1v) is 26.4. The number of aliphatic hydroxyl groups is 3. The Bertz CT molecular complexity index is 3400. The maximum atomic E-state index is 14.9. The summed E-state index contributed by atoms with van der Waals surface area (Å²) < 4.78 is 12.4. The summed E-state index contributed by atoms with van der Waals surface area (Å²) in [6, 6.07) is 5.72. The Morgan fingerprint density at radius 1 is 0.759 bits per heavy atom. The summed E-state index contributed by atoms with van der Waals surface area (Å²) >= 11 is 13.6. The Labute approximate surface area is 484 Å². The van der Waals surface area contributed by atoms with Crippen molar-refractivity contribution in [1.29, 1.82) is 0 Å². The highest BCUT2D eigenvalue weighted by Gasteiger charge is 2.39. The number of benzene rings is 5. The summed E-state index contributed by atoms with van der Waals surface area (Å²) in [5.74, 6) is -11.2. The number of phenolic OH excluding ortho intramolecular Hbond substituents is 3. The number of rotatable bonds is 10. The van der Waals surface area contributed by atoms with Crippen molar-refractivity contribution in [3.63, 3.8) is 0 Å². The van der Waals surface area contributed by atoms with E-state index in [1.165, 1.54) is 74.8 Å². The predicted molar refractivity (Wildman–Crippen MR) is 299 cm³/mol. The Morgan fingerprint density at radius 3 is 1.88 bits per heavy atom. The summed E-state index contributed by atoms with van der Waals surface area (Å²) in [7, 11) is 2.82. The molecule has 5 aromatic carbocycles. The van der Waals surface area contributed by atoms with Crippen LogP contribution in [0.5, 0.6) is 40.2 Å². The van der Waals surface area contributed by atoms with Crippen LogP contribution in [-0.2, 0) is 46.7 Å². The first kappa shape index (κ1) is 61.9. The van der Waals surface area contributed by atoms with E-state index < -0.39 is 150 Å². The molecule has 83 heavy (non-hydrogen) atoms. The maximum absolute atomic E-state index is 14.9. The number of carboxylic acids is 1. The number of aliphatic hydroxyl groups excluding tert-OH is 3. The number of fused-ring (bicyclic) bond motifs is 15. The van der Waals surface area contributed by atoms with Gasteiger partial charge < -0.3 is 88.2 Å². The molecule has 0 spiro atoms. The number of likely N-dealkylation sites (N-methyl/N-ethyl adjacent to an activating group) is 1. The van der Waals surface area contributed by atoms with E-state index in [-0.39, 0.29) is 66.4 Å². The lowest BCUT2D eigenvalue weighted by molar-refractivity contribution is -0.143. The van der Waals surface area contributed by atoms with Crippen molar-refractivity contribution in [2.75, 3.05) is 14.1 Å². The number of hydrogen-bond acceptors (Lipinski definition) is 18. The predicted octanol–water partition coefficient (Wildman–Crippen LogP) is 3.15. The molecule has 0 saturated heterocycles. The van der Waals surface area contributed by atoms with Gasteiger partial charge in [0.05, 0.1) is 35.7 Å². The van der Waals surface area contributed by atoms with E-state index in [2.05, 4.69) is 42.2 Å². The Kier molecular flexibility index (Phi) is 19.7. The number of aliphatic carboxylic acids is 1. The fraction of sp³-hybridized carbons (Fsp3) is 0.321. The van der Waals surface area contributed by atoms with E-state index in [0.717, 1.165) is 25.1 Å². The van der Waals surface area contributed by atoms with Gasteiger partial charge in [-0.1, -0.05) is 61.3 Å². The highest BCUT2D eigenvalue weighted by atomic mass is 35.5. The van der Waals surface area contributed by atoms with Crippen LogP contribution < -0.4 is 52.4 Å². The number of hydrogen-bond donors (Lipinski definition) is 15. The topological polar surface area (TPSA) is 402 Å². The quantitative estimate of drug-likeness (QED) is 0.0955. The highest BCUT2D eigenvalue weighted by Crippen LogP contribution is 2.47. The Hall–Kier alpha value is -8.72. The molecule has 27 heteroatoms. The molecule has 4 aliphatic rings. The van der Waals surface area contributed by atoms with Gasteiger partial charge in [-0.2, -0.15) is 0 Å².